The Labute approximate surface area is 88.7 Å². The second-order valence-electron chi connectivity index (χ2n) is 3.23. The fourth-order valence-corrected chi connectivity index (χ4v) is 1.11. The van der Waals surface area contributed by atoms with Gasteiger partial charge in [0, 0.05) is 6.07 Å². The molecular weight excluding hydrogens is 196 g/mol. The Kier molecular flexibility index (Phi) is 4.33. The third-order valence-electron chi connectivity index (χ3n) is 2.06. The van der Waals surface area contributed by atoms with Crippen LogP contribution in [0.1, 0.15) is 5.56 Å². The van der Waals surface area contributed by atoms with Crippen LogP contribution in [0.4, 0.5) is 5.82 Å². The van der Waals surface area contributed by atoms with Gasteiger partial charge in [0.1, 0.15) is 5.82 Å². The van der Waals surface area contributed by atoms with Crippen LogP contribution in [0.25, 0.3) is 0 Å². The van der Waals surface area contributed by atoms with Crippen molar-refractivity contribution in [2.24, 2.45) is 0 Å². The molecule has 0 saturated carbocycles. The molecule has 5 nitrogen and oxygen atoms in total. The van der Waals surface area contributed by atoms with E-state index in [0.717, 1.165) is 5.56 Å². The minimum atomic E-state index is -0.400. The number of ether oxygens (including phenoxy) is 1. The first kappa shape index (κ1) is 11.7. The standard InChI is InChI=1S/C10H16N2O3/c1-7-3-4-9(15-2)12-10(7)11-8(5-13)6-14/h3-4,8,13-14H,5-6H2,1-2H3,(H,11,12). The number of pyridine rings is 1. The maximum atomic E-state index is 8.92. The Hall–Kier alpha value is -1.33. The molecule has 0 aliphatic carbocycles. The summed E-state index contributed by atoms with van der Waals surface area (Å²) in [6, 6.07) is 3.22. The van der Waals surface area contributed by atoms with Gasteiger partial charge in [0.15, 0.2) is 0 Å². The molecule has 0 aromatic carbocycles. The summed E-state index contributed by atoms with van der Waals surface area (Å²) in [4.78, 5) is 4.17. The predicted octanol–water partition coefficient (Wildman–Crippen LogP) is 0.164. The van der Waals surface area contributed by atoms with Gasteiger partial charge in [-0.2, -0.15) is 4.98 Å². The lowest BCUT2D eigenvalue weighted by Gasteiger charge is -2.16. The van der Waals surface area contributed by atoms with Crippen LogP contribution >= 0.6 is 0 Å². The van der Waals surface area contributed by atoms with E-state index in [-0.39, 0.29) is 13.2 Å². The van der Waals surface area contributed by atoms with Crippen LogP contribution in [0.15, 0.2) is 12.1 Å². The summed E-state index contributed by atoms with van der Waals surface area (Å²) in [6.07, 6.45) is 0. The molecule has 1 aromatic rings. The molecule has 0 saturated heterocycles. The lowest BCUT2D eigenvalue weighted by molar-refractivity contribution is 0.203. The normalized spacial score (nSPS) is 10.5. The van der Waals surface area contributed by atoms with Gasteiger partial charge >= 0.3 is 0 Å². The summed E-state index contributed by atoms with van der Waals surface area (Å²) >= 11 is 0. The topological polar surface area (TPSA) is 74.6 Å². The number of aliphatic hydroxyl groups excluding tert-OH is 2. The summed E-state index contributed by atoms with van der Waals surface area (Å²) in [5, 5.41) is 20.8. The Bertz CT molecular complexity index is 314. The molecule has 1 rings (SSSR count). The highest BCUT2D eigenvalue weighted by atomic mass is 16.5. The first-order valence-corrected chi connectivity index (χ1v) is 4.71. The lowest BCUT2D eigenvalue weighted by Crippen LogP contribution is -2.28. The quantitative estimate of drug-likeness (QED) is 0.648. The van der Waals surface area contributed by atoms with Crippen molar-refractivity contribution < 1.29 is 14.9 Å². The van der Waals surface area contributed by atoms with Gasteiger partial charge in [-0.3, -0.25) is 0 Å². The van der Waals surface area contributed by atoms with Crippen molar-refractivity contribution in [3.8, 4) is 5.88 Å². The minimum absolute atomic E-state index is 0.144. The van der Waals surface area contributed by atoms with Crippen LogP contribution in [0.2, 0.25) is 0 Å². The van der Waals surface area contributed by atoms with Crippen molar-refractivity contribution in [3.05, 3.63) is 17.7 Å². The van der Waals surface area contributed by atoms with Gasteiger partial charge in [0.05, 0.1) is 26.4 Å². The molecule has 1 aromatic heterocycles. The van der Waals surface area contributed by atoms with Crippen LogP contribution in [0.5, 0.6) is 5.88 Å². The van der Waals surface area contributed by atoms with Crippen LogP contribution in [0.3, 0.4) is 0 Å². The fraction of sp³-hybridized carbons (Fsp3) is 0.500. The zero-order valence-corrected chi connectivity index (χ0v) is 8.90. The number of aliphatic hydroxyl groups is 2. The average Bonchev–Trinajstić information content (AvgIpc) is 2.28. The van der Waals surface area contributed by atoms with Gasteiger partial charge in [-0.15, -0.1) is 0 Å². The maximum Gasteiger partial charge on any atom is 0.214 e. The largest absolute Gasteiger partial charge is 0.481 e. The van der Waals surface area contributed by atoms with Crippen LogP contribution in [0, 0.1) is 6.92 Å². The molecular formula is C10H16N2O3. The first-order chi connectivity index (χ1) is 7.21. The van der Waals surface area contributed by atoms with E-state index in [1.165, 1.54) is 7.11 Å². The molecule has 0 bridgehead atoms. The highest BCUT2D eigenvalue weighted by Crippen LogP contribution is 2.17. The van der Waals surface area contributed by atoms with E-state index < -0.39 is 6.04 Å². The summed E-state index contributed by atoms with van der Waals surface area (Å²) in [5.41, 5.74) is 0.933. The number of anilines is 1. The molecule has 0 unspecified atom stereocenters. The number of nitrogens with one attached hydrogen (secondary N) is 1. The van der Waals surface area contributed by atoms with E-state index in [4.69, 9.17) is 14.9 Å². The van der Waals surface area contributed by atoms with Gasteiger partial charge in [-0.25, -0.2) is 0 Å². The van der Waals surface area contributed by atoms with Crippen molar-refractivity contribution in [3.63, 3.8) is 0 Å². The van der Waals surface area contributed by atoms with E-state index in [9.17, 15) is 0 Å². The summed E-state index contributed by atoms with van der Waals surface area (Å²) < 4.78 is 4.98. The third kappa shape index (κ3) is 3.07. The number of aromatic nitrogens is 1. The van der Waals surface area contributed by atoms with E-state index in [0.29, 0.717) is 11.7 Å². The number of hydrogen-bond acceptors (Lipinski definition) is 5. The molecule has 5 heteroatoms. The van der Waals surface area contributed by atoms with Gasteiger partial charge in [-0.1, -0.05) is 6.07 Å². The third-order valence-corrected chi connectivity index (χ3v) is 2.06. The van der Waals surface area contributed by atoms with Gasteiger partial charge < -0.3 is 20.3 Å². The Morgan fingerprint density at radius 1 is 1.40 bits per heavy atom. The number of aryl methyl sites for hydroxylation is 1. The lowest BCUT2D eigenvalue weighted by atomic mass is 10.2. The highest BCUT2D eigenvalue weighted by molar-refractivity contribution is 5.46. The van der Waals surface area contributed by atoms with Crippen LogP contribution < -0.4 is 10.1 Å². The average molecular weight is 212 g/mol. The number of rotatable bonds is 5. The second-order valence-corrected chi connectivity index (χ2v) is 3.23. The molecule has 0 amide bonds. The molecule has 0 aliphatic heterocycles. The molecule has 0 atom stereocenters. The van der Waals surface area contributed by atoms with E-state index in [2.05, 4.69) is 10.3 Å². The summed E-state index contributed by atoms with van der Waals surface area (Å²) in [5.74, 6) is 1.11. The second kappa shape index (κ2) is 5.53. The summed E-state index contributed by atoms with van der Waals surface area (Å²) in [6.45, 7) is 1.60. The van der Waals surface area contributed by atoms with Crippen molar-refractivity contribution in [1.29, 1.82) is 0 Å². The monoisotopic (exact) mass is 212 g/mol. The molecule has 0 radical (unpaired) electrons. The summed E-state index contributed by atoms with van der Waals surface area (Å²) in [7, 11) is 1.54. The molecule has 0 aliphatic rings. The molecule has 0 fully saturated rings. The van der Waals surface area contributed by atoms with Gasteiger partial charge in [0.25, 0.3) is 0 Å². The van der Waals surface area contributed by atoms with Gasteiger partial charge in [-0.05, 0) is 12.5 Å². The number of methoxy groups -OCH3 is 1. The first-order valence-electron chi connectivity index (χ1n) is 4.71. The Morgan fingerprint density at radius 2 is 2.07 bits per heavy atom. The maximum absolute atomic E-state index is 8.92. The predicted molar refractivity (Wildman–Crippen MR) is 57.1 cm³/mol. The molecule has 0 spiro atoms. The number of hydrogen-bond donors (Lipinski definition) is 3. The van der Waals surface area contributed by atoms with E-state index in [1.54, 1.807) is 6.07 Å². The number of nitrogens with zero attached hydrogens (tertiary/aromatic N) is 1. The zero-order chi connectivity index (χ0) is 11.3. The van der Waals surface area contributed by atoms with E-state index in [1.807, 2.05) is 13.0 Å². The van der Waals surface area contributed by atoms with Crippen molar-refractivity contribution >= 4 is 5.82 Å². The smallest absolute Gasteiger partial charge is 0.214 e. The van der Waals surface area contributed by atoms with E-state index >= 15 is 0 Å². The Morgan fingerprint density at radius 3 is 2.60 bits per heavy atom. The van der Waals surface area contributed by atoms with Gasteiger partial charge in [0.2, 0.25) is 5.88 Å². The SMILES string of the molecule is COc1ccc(C)c(NC(CO)CO)n1. The Balaban J connectivity index is 2.82. The van der Waals surface area contributed by atoms with Crippen LogP contribution in [-0.2, 0) is 0 Å². The van der Waals surface area contributed by atoms with Crippen molar-refractivity contribution in [1.82, 2.24) is 4.98 Å². The molecule has 84 valence electrons. The zero-order valence-electron chi connectivity index (χ0n) is 8.90. The van der Waals surface area contributed by atoms with Crippen LogP contribution in [-0.4, -0.2) is 41.6 Å². The highest BCUT2D eigenvalue weighted by Gasteiger charge is 2.09. The molecule has 3 N–H and O–H groups in total. The minimum Gasteiger partial charge on any atom is -0.481 e. The fourth-order valence-electron chi connectivity index (χ4n) is 1.11. The van der Waals surface area contributed by atoms with Crippen molar-refractivity contribution in [2.75, 3.05) is 25.6 Å². The molecule has 15 heavy (non-hydrogen) atoms. The molecule has 1 heterocycles. The van der Waals surface area contributed by atoms with Crippen molar-refractivity contribution in [2.45, 2.75) is 13.0 Å².